The van der Waals surface area contributed by atoms with Crippen molar-refractivity contribution in [3.63, 3.8) is 0 Å². The molecule has 0 saturated heterocycles. The van der Waals surface area contributed by atoms with Gasteiger partial charge in [0.1, 0.15) is 0 Å². The van der Waals surface area contributed by atoms with Crippen LogP contribution in [0.3, 0.4) is 0 Å². The summed E-state index contributed by atoms with van der Waals surface area (Å²) in [6.45, 7) is 5.16. The summed E-state index contributed by atoms with van der Waals surface area (Å²) in [6.07, 6.45) is 1.01. The summed E-state index contributed by atoms with van der Waals surface area (Å²) in [4.78, 5) is 0. The van der Waals surface area contributed by atoms with E-state index in [0.29, 0.717) is 0 Å². The van der Waals surface area contributed by atoms with Gasteiger partial charge in [-0.1, -0.05) is 34.4 Å². The van der Waals surface area contributed by atoms with E-state index in [0.717, 1.165) is 18.9 Å². The minimum Gasteiger partial charge on any atom is -0.353 e. The molecule has 0 amide bonds. The van der Waals surface area contributed by atoms with Crippen LogP contribution in [0.2, 0.25) is 0 Å². The second-order valence-corrected chi connectivity index (χ2v) is 4.60. The number of benzene rings is 1. The number of hydrogen-bond acceptors (Lipinski definition) is 4. The monoisotopic (exact) mass is 229 g/mol. The normalized spacial score (nSPS) is 18.6. The van der Waals surface area contributed by atoms with Gasteiger partial charge in [-0.15, -0.1) is 0 Å². The van der Waals surface area contributed by atoms with Crippen LogP contribution in [-0.4, -0.2) is 26.8 Å². The first-order valence-corrected chi connectivity index (χ1v) is 5.84. The van der Waals surface area contributed by atoms with Crippen LogP contribution < -0.4 is 5.32 Å². The number of anilines is 1. The van der Waals surface area contributed by atoms with Gasteiger partial charge >= 0.3 is 0 Å². The van der Waals surface area contributed by atoms with Crippen LogP contribution in [0.5, 0.6) is 0 Å². The zero-order valence-electron chi connectivity index (χ0n) is 10.0. The van der Waals surface area contributed by atoms with E-state index in [4.69, 9.17) is 0 Å². The van der Waals surface area contributed by atoms with Gasteiger partial charge in [-0.3, -0.25) is 0 Å². The number of fused-ring (bicyclic) bond motifs is 1. The van der Waals surface area contributed by atoms with Gasteiger partial charge in [0.15, 0.2) is 0 Å². The zero-order chi connectivity index (χ0) is 11.8. The molecule has 0 aliphatic carbocycles. The molecular weight excluding hydrogens is 214 g/mol. The summed E-state index contributed by atoms with van der Waals surface area (Å²) in [6, 6.07) is 6.87. The molecule has 1 N–H and O–H groups in total. The van der Waals surface area contributed by atoms with Gasteiger partial charge in [0.25, 0.3) is 0 Å². The van der Waals surface area contributed by atoms with E-state index in [-0.39, 0.29) is 6.04 Å². The van der Waals surface area contributed by atoms with Crippen molar-refractivity contribution < 1.29 is 0 Å². The molecule has 1 aliphatic heterocycles. The number of nitrogens with zero attached hydrogens (tertiary/aromatic N) is 4. The molecule has 5 heteroatoms. The van der Waals surface area contributed by atoms with Crippen molar-refractivity contribution >= 4 is 5.95 Å². The molecule has 0 saturated carbocycles. The number of nitrogens with one attached hydrogen (secondary N) is 1. The van der Waals surface area contributed by atoms with E-state index in [1.165, 1.54) is 16.7 Å². The molecule has 88 valence electrons. The molecule has 1 atom stereocenters. The highest BCUT2D eigenvalue weighted by Gasteiger charge is 2.23. The molecule has 1 aliphatic rings. The highest BCUT2D eigenvalue weighted by Crippen LogP contribution is 2.28. The number of aromatic nitrogens is 4. The summed E-state index contributed by atoms with van der Waals surface area (Å²) in [7, 11) is 0. The van der Waals surface area contributed by atoms with E-state index in [1.807, 2.05) is 4.68 Å². The van der Waals surface area contributed by atoms with Crippen LogP contribution in [0.1, 0.15) is 29.2 Å². The Kier molecular flexibility index (Phi) is 2.31. The molecule has 3 rings (SSSR count). The smallest absolute Gasteiger partial charge is 0.243 e. The molecule has 0 radical (unpaired) electrons. The van der Waals surface area contributed by atoms with E-state index < -0.39 is 0 Å². The van der Waals surface area contributed by atoms with Crippen LogP contribution in [-0.2, 0) is 0 Å². The largest absolute Gasteiger partial charge is 0.353 e. The number of aryl methyl sites for hydroxylation is 2. The minimum absolute atomic E-state index is 0.250. The Hall–Kier alpha value is -1.91. The Labute approximate surface area is 99.8 Å². The molecule has 17 heavy (non-hydrogen) atoms. The number of hydrogen-bond donors (Lipinski definition) is 1. The van der Waals surface area contributed by atoms with Crippen LogP contribution in [0, 0.1) is 13.8 Å². The van der Waals surface area contributed by atoms with E-state index in [1.54, 1.807) is 0 Å². The predicted molar refractivity (Wildman–Crippen MR) is 65.0 cm³/mol. The molecule has 0 bridgehead atoms. The van der Waals surface area contributed by atoms with Crippen molar-refractivity contribution in [2.45, 2.75) is 26.3 Å². The first-order chi connectivity index (χ1) is 8.24. The minimum atomic E-state index is 0.250. The maximum Gasteiger partial charge on any atom is 0.243 e. The lowest BCUT2D eigenvalue weighted by Crippen LogP contribution is -2.24. The summed E-state index contributed by atoms with van der Waals surface area (Å²) >= 11 is 0. The first-order valence-electron chi connectivity index (χ1n) is 5.84. The van der Waals surface area contributed by atoms with Crippen LogP contribution in [0.15, 0.2) is 18.2 Å². The quantitative estimate of drug-likeness (QED) is 0.808. The van der Waals surface area contributed by atoms with Gasteiger partial charge in [-0.2, -0.15) is 0 Å². The standard InChI is InChI=1S/C12H15N5/c1-8-5-9(2)7-10(6-8)11-3-4-13-12-14-15-16-17(11)12/h5-7,11H,3-4H2,1-2H3,(H,13,14,16). The Morgan fingerprint density at radius 2 is 2.00 bits per heavy atom. The van der Waals surface area contributed by atoms with E-state index in [2.05, 4.69) is 52.9 Å². The fraction of sp³-hybridized carbons (Fsp3) is 0.417. The third-order valence-electron chi connectivity index (χ3n) is 3.12. The number of rotatable bonds is 1. The fourth-order valence-electron chi connectivity index (χ4n) is 2.47. The molecule has 1 aromatic carbocycles. The van der Waals surface area contributed by atoms with Crippen molar-refractivity contribution in [1.29, 1.82) is 0 Å². The van der Waals surface area contributed by atoms with E-state index in [9.17, 15) is 0 Å². The lowest BCUT2D eigenvalue weighted by molar-refractivity contribution is 0.469. The summed E-state index contributed by atoms with van der Waals surface area (Å²) < 4.78 is 1.87. The Morgan fingerprint density at radius 3 is 2.76 bits per heavy atom. The van der Waals surface area contributed by atoms with Gasteiger partial charge in [0, 0.05) is 6.54 Å². The summed E-state index contributed by atoms with van der Waals surface area (Å²) in [5, 5.41) is 15.0. The van der Waals surface area contributed by atoms with Gasteiger partial charge < -0.3 is 5.32 Å². The van der Waals surface area contributed by atoms with Crippen molar-refractivity contribution in [2.24, 2.45) is 0 Å². The van der Waals surface area contributed by atoms with Crippen molar-refractivity contribution in [3.8, 4) is 0 Å². The molecule has 2 aromatic rings. The SMILES string of the molecule is Cc1cc(C)cc(C2CCNc3nnnn32)c1. The molecule has 0 fully saturated rings. The Bertz CT molecular complexity index is 525. The first kappa shape index (κ1) is 10.3. The topological polar surface area (TPSA) is 55.6 Å². The van der Waals surface area contributed by atoms with E-state index >= 15 is 0 Å². The second-order valence-electron chi connectivity index (χ2n) is 4.60. The lowest BCUT2D eigenvalue weighted by Gasteiger charge is -2.24. The van der Waals surface area contributed by atoms with Gasteiger partial charge in [0.2, 0.25) is 5.95 Å². The number of tetrazole rings is 1. The third kappa shape index (κ3) is 1.77. The Balaban J connectivity index is 2.06. The molecule has 2 heterocycles. The van der Waals surface area contributed by atoms with Crippen molar-refractivity contribution in [3.05, 3.63) is 34.9 Å². The lowest BCUT2D eigenvalue weighted by atomic mass is 9.98. The maximum absolute atomic E-state index is 4.07. The van der Waals surface area contributed by atoms with Gasteiger partial charge in [0.05, 0.1) is 6.04 Å². The van der Waals surface area contributed by atoms with Crippen LogP contribution in [0.25, 0.3) is 0 Å². The highest BCUT2D eigenvalue weighted by molar-refractivity contribution is 5.35. The molecule has 1 unspecified atom stereocenters. The van der Waals surface area contributed by atoms with Crippen LogP contribution in [0.4, 0.5) is 5.95 Å². The summed E-state index contributed by atoms with van der Waals surface area (Å²) in [5.41, 5.74) is 3.86. The fourth-order valence-corrected chi connectivity index (χ4v) is 2.47. The Morgan fingerprint density at radius 1 is 1.24 bits per heavy atom. The van der Waals surface area contributed by atoms with Gasteiger partial charge in [-0.05, 0) is 36.3 Å². The van der Waals surface area contributed by atoms with Crippen molar-refractivity contribution in [1.82, 2.24) is 20.2 Å². The van der Waals surface area contributed by atoms with Crippen molar-refractivity contribution in [2.75, 3.05) is 11.9 Å². The average Bonchev–Trinajstić information content (AvgIpc) is 2.75. The average molecular weight is 229 g/mol. The summed E-state index contributed by atoms with van der Waals surface area (Å²) in [5.74, 6) is 0.764. The third-order valence-corrected chi connectivity index (χ3v) is 3.12. The molecule has 1 aromatic heterocycles. The molecule has 5 nitrogen and oxygen atoms in total. The second kappa shape index (κ2) is 3.84. The molecular formula is C12H15N5. The van der Waals surface area contributed by atoms with Gasteiger partial charge in [-0.25, -0.2) is 4.68 Å². The highest BCUT2D eigenvalue weighted by atomic mass is 15.6. The van der Waals surface area contributed by atoms with Crippen LogP contribution >= 0.6 is 0 Å². The zero-order valence-corrected chi connectivity index (χ0v) is 10.0. The predicted octanol–water partition coefficient (Wildman–Crippen LogP) is 1.69. The maximum atomic E-state index is 4.07. The molecule has 0 spiro atoms.